The minimum atomic E-state index is -1.67. The molecular formula is C16H22N2O6. The van der Waals surface area contributed by atoms with E-state index in [1.807, 2.05) is 0 Å². The van der Waals surface area contributed by atoms with Gasteiger partial charge in [0.2, 0.25) is 5.91 Å². The molecule has 8 nitrogen and oxygen atoms in total. The molecule has 1 fully saturated rings. The van der Waals surface area contributed by atoms with E-state index in [2.05, 4.69) is 10.6 Å². The van der Waals surface area contributed by atoms with E-state index in [-0.39, 0.29) is 19.3 Å². The van der Waals surface area contributed by atoms with Gasteiger partial charge in [0.1, 0.15) is 11.6 Å². The Hall–Kier alpha value is -2.03. The molecule has 1 heterocycles. The van der Waals surface area contributed by atoms with Crippen LogP contribution in [-0.4, -0.2) is 63.3 Å². The van der Waals surface area contributed by atoms with E-state index >= 15 is 0 Å². The van der Waals surface area contributed by atoms with Crippen LogP contribution in [0.2, 0.25) is 0 Å². The van der Waals surface area contributed by atoms with E-state index in [4.69, 9.17) is 5.11 Å². The summed E-state index contributed by atoms with van der Waals surface area (Å²) in [5.74, 6) is -2.01. The van der Waals surface area contributed by atoms with Gasteiger partial charge in [0.05, 0.1) is 12.1 Å². The number of carboxylic acid groups (broad SMARTS) is 1. The fourth-order valence-corrected chi connectivity index (χ4v) is 2.90. The lowest BCUT2D eigenvalue weighted by molar-refractivity contribution is -0.141. The molecule has 1 amide bonds. The van der Waals surface area contributed by atoms with Crippen LogP contribution in [0, 0.1) is 0 Å². The second-order valence-corrected chi connectivity index (χ2v) is 6.25. The van der Waals surface area contributed by atoms with E-state index in [9.17, 15) is 24.6 Å². The fourth-order valence-electron chi connectivity index (χ4n) is 2.90. The molecule has 8 heteroatoms. The highest BCUT2D eigenvalue weighted by molar-refractivity contribution is 5.94. The Kier molecular flexibility index (Phi) is 5.53. The van der Waals surface area contributed by atoms with Gasteiger partial charge in [-0.2, -0.15) is 0 Å². The Labute approximate surface area is 139 Å². The van der Waals surface area contributed by atoms with Crippen LogP contribution in [0.1, 0.15) is 26.2 Å². The normalized spacial score (nSPS) is 30.5. The van der Waals surface area contributed by atoms with Gasteiger partial charge in [0.25, 0.3) is 0 Å². The minimum absolute atomic E-state index is 0.0261. The zero-order valence-electron chi connectivity index (χ0n) is 13.4. The Balaban J connectivity index is 2.00. The number of carbonyl (C=O) groups excluding carboxylic acids is 2. The fraction of sp³-hybridized carbons (Fsp3) is 0.562. The molecule has 0 bridgehead atoms. The number of nitrogens with one attached hydrogen (secondary N) is 2. The number of Topliss-reactive ketones (excluding diaryl/α,β-unsaturated/α-hetero) is 1. The van der Waals surface area contributed by atoms with Gasteiger partial charge < -0.3 is 26.0 Å². The molecule has 2 rings (SSSR count). The Morgan fingerprint density at radius 2 is 2.17 bits per heavy atom. The van der Waals surface area contributed by atoms with Crippen molar-refractivity contribution in [1.82, 2.24) is 10.6 Å². The van der Waals surface area contributed by atoms with E-state index in [0.717, 1.165) is 0 Å². The van der Waals surface area contributed by atoms with Crippen LogP contribution < -0.4 is 10.6 Å². The van der Waals surface area contributed by atoms with E-state index in [0.29, 0.717) is 12.1 Å². The second kappa shape index (κ2) is 7.25. The number of hydrogen-bond acceptors (Lipinski definition) is 6. The molecule has 24 heavy (non-hydrogen) atoms. The first kappa shape index (κ1) is 18.3. The van der Waals surface area contributed by atoms with Gasteiger partial charge in [0, 0.05) is 26.3 Å². The summed E-state index contributed by atoms with van der Waals surface area (Å²) in [6.45, 7) is 1.55. The van der Waals surface area contributed by atoms with Crippen molar-refractivity contribution in [3.63, 3.8) is 0 Å². The quantitative estimate of drug-likeness (QED) is 0.414. The molecule has 0 saturated carbocycles. The van der Waals surface area contributed by atoms with Crippen molar-refractivity contribution in [1.29, 1.82) is 0 Å². The van der Waals surface area contributed by atoms with Gasteiger partial charge in [0.15, 0.2) is 5.78 Å². The van der Waals surface area contributed by atoms with Crippen LogP contribution in [0.15, 0.2) is 23.8 Å². The first-order valence-electron chi connectivity index (χ1n) is 7.77. The highest BCUT2D eigenvalue weighted by atomic mass is 16.4. The van der Waals surface area contributed by atoms with Crippen molar-refractivity contribution in [3.05, 3.63) is 23.8 Å². The van der Waals surface area contributed by atoms with Gasteiger partial charge in [-0.1, -0.05) is 12.2 Å². The number of allylic oxidation sites excluding steroid dienone is 1. The number of carbonyl (C=O) groups is 3. The molecule has 132 valence electrons. The summed E-state index contributed by atoms with van der Waals surface area (Å²) in [7, 11) is 0. The lowest BCUT2D eigenvalue weighted by Crippen LogP contribution is -2.47. The predicted molar refractivity (Wildman–Crippen MR) is 84.1 cm³/mol. The number of aliphatic carboxylic acids is 1. The third-order valence-electron chi connectivity index (χ3n) is 4.21. The Morgan fingerprint density at radius 3 is 2.62 bits per heavy atom. The largest absolute Gasteiger partial charge is 0.480 e. The zero-order valence-corrected chi connectivity index (χ0v) is 13.4. The van der Waals surface area contributed by atoms with Crippen molar-refractivity contribution in [2.75, 3.05) is 6.54 Å². The maximum atomic E-state index is 12.4. The smallest absolute Gasteiger partial charge is 0.326 e. The number of aliphatic hydroxyl groups is 2. The summed E-state index contributed by atoms with van der Waals surface area (Å²) in [5.41, 5.74) is -1.05. The van der Waals surface area contributed by atoms with Gasteiger partial charge in [-0.3, -0.25) is 9.59 Å². The van der Waals surface area contributed by atoms with E-state index in [1.165, 1.54) is 19.1 Å². The van der Waals surface area contributed by atoms with Gasteiger partial charge in [-0.25, -0.2) is 4.79 Å². The monoisotopic (exact) mass is 338 g/mol. The summed E-state index contributed by atoms with van der Waals surface area (Å²) in [4.78, 5) is 34.6. The predicted octanol–water partition coefficient (Wildman–Crippen LogP) is -1.12. The summed E-state index contributed by atoms with van der Waals surface area (Å²) >= 11 is 0. The highest BCUT2D eigenvalue weighted by Crippen LogP contribution is 2.27. The van der Waals surface area contributed by atoms with Crippen molar-refractivity contribution in [2.24, 2.45) is 0 Å². The van der Waals surface area contributed by atoms with Crippen LogP contribution in [0.3, 0.4) is 0 Å². The number of carboxylic acids is 1. The molecule has 0 aromatic carbocycles. The number of ketones is 1. The lowest BCUT2D eigenvalue weighted by atomic mass is 9.83. The number of amides is 1. The number of rotatable bonds is 6. The van der Waals surface area contributed by atoms with Crippen LogP contribution in [0.25, 0.3) is 0 Å². The topological polar surface area (TPSA) is 136 Å². The molecule has 1 unspecified atom stereocenters. The summed E-state index contributed by atoms with van der Waals surface area (Å²) < 4.78 is 0. The lowest BCUT2D eigenvalue weighted by Gasteiger charge is -2.28. The third-order valence-corrected chi connectivity index (χ3v) is 4.21. The summed E-state index contributed by atoms with van der Waals surface area (Å²) in [6, 6.07) is -1.66. The molecule has 1 aliphatic heterocycles. The zero-order chi connectivity index (χ0) is 17.9. The number of aliphatic hydroxyl groups excluding tert-OH is 1. The standard InChI is InChI=1S/C16H22N2O6/c1-9(19)18-13(15(22)23)6-10-2-4-16(24,5-3-10)14(21)12-7-11(20)8-17-12/h2-4,11-13,17,20,24H,5-8H2,1H3,(H,18,19)(H,22,23)/t11-,12+,13+,16?/m1/s1. The minimum Gasteiger partial charge on any atom is -0.480 e. The van der Waals surface area contributed by atoms with Crippen molar-refractivity contribution in [3.8, 4) is 0 Å². The van der Waals surface area contributed by atoms with Crippen molar-refractivity contribution in [2.45, 2.75) is 50.0 Å². The molecule has 2 aliphatic rings. The molecule has 0 spiro atoms. The van der Waals surface area contributed by atoms with E-state index in [1.54, 1.807) is 6.08 Å². The molecule has 1 aliphatic carbocycles. The van der Waals surface area contributed by atoms with Crippen molar-refractivity contribution < 1.29 is 29.7 Å². The van der Waals surface area contributed by atoms with Gasteiger partial charge in [-0.15, -0.1) is 0 Å². The molecule has 0 aromatic rings. The summed E-state index contributed by atoms with van der Waals surface area (Å²) in [5, 5.41) is 34.3. The third kappa shape index (κ3) is 4.28. The van der Waals surface area contributed by atoms with E-state index < -0.39 is 41.4 Å². The first-order chi connectivity index (χ1) is 11.2. The molecule has 1 saturated heterocycles. The molecule has 4 atom stereocenters. The average Bonchev–Trinajstić information content (AvgIpc) is 2.94. The highest BCUT2D eigenvalue weighted by Gasteiger charge is 2.41. The maximum Gasteiger partial charge on any atom is 0.326 e. The van der Waals surface area contributed by atoms with Crippen LogP contribution >= 0.6 is 0 Å². The second-order valence-electron chi connectivity index (χ2n) is 6.25. The first-order valence-corrected chi connectivity index (χ1v) is 7.77. The molecule has 0 aromatic heterocycles. The van der Waals surface area contributed by atoms with Crippen molar-refractivity contribution >= 4 is 17.7 Å². The number of β-amino-alcohol motifs (C(OH)–C–C–N with tert-alkyl or cyclic N) is 1. The van der Waals surface area contributed by atoms with Crippen LogP contribution in [0.4, 0.5) is 0 Å². The average molecular weight is 338 g/mol. The van der Waals surface area contributed by atoms with Gasteiger partial charge >= 0.3 is 5.97 Å². The Bertz CT molecular complexity index is 599. The SMILES string of the molecule is CC(=O)N[C@@H](CC1=CCC(O)(C(=O)[C@@H]2C[C@@H](O)CN2)C=C1)C(=O)O. The van der Waals surface area contributed by atoms with Gasteiger partial charge in [-0.05, 0) is 18.1 Å². The maximum absolute atomic E-state index is 12.4. The Morgan fingerprint density at radius 1 is 1.46 bits per heavy atom. The molecule has 0 radical (unpaired) electrons. The van der Waals surface area contributed by atoms with Crippen LogP contribution in [-0.2, 0) is 14.4 Å². The van der Waals surface area contributed by atoms with Crippen LogP contribution in [0.5, 0.6) is 0 Å². The number of hydrogen-bond donors (Lipinski definition) is 5. The molecule has 5 N–H and O–H groups in total. The summed E-state index contributed by atoms with van der Waals surface area (Å²) in [6.07, 6.45) is 4.20. The molecular weight excluding hydrogens is 316 g/mol.